The lowest BCUT2D eigenvalue weighted by Gasteiger charge is -2.25. The first-order valence-electron chi connectivity index (χ1n) is 12.8. The molecule has 4 amide bonds. The summed E-state index contributed by atoms with van der Waals surface area (Å²) in [5.74, 6) is 0.152. The Labute approximate surface area is 216 Å². The number of rotatable bonds is 9. The predicted molar refractivity (Wildman–Crippen MR) is 143 cm³/mol. The fourth-order valence-electron chi connectivity index (χ4n) is 4.95. The summed E-state index contributed by atoms with van der Waals surface area (Å²) in [6.45, 7) is 1.77. The lowest BCUT2D eigenvalue weighted by atomic mass is 9.88. The van der Waals surface area contributed by atoms with Crippen LogP contribution in [0, 0.1) is 0 Å². The first-order valence-corrected chi connectivity index (χ1v) is 12.8. The summed E-state index contributed by atoms with van der Waals surface area (Å²) in [5, 5.41) is 4.07. The van der Waals surface area contributed by atoms with E-state index in [1.807, 2.05) is 71.6 Å². The third-order valence-corrected chi connectivity index (χ3v) is 6.82. The van der Waals surface area contributed by atoms with E-state index >= 15 is 0 Å². The van der Waals surface area contributed by atoms with E-state index in [1.165, 1.54) is 0 Å². The molecule has 3 aromatic carbocycles. The van der Waals surface area contributed by atoms with Gasteiger partial charge in [0.15, 0.2) is 0 Å². The number of ether oxygens (including phenoxy) is 1. The maximum atomic E-state index is 13.1. The molecule has 0 radical (unpaired) electrons. The molecule has 1 heterocycles. The normalized spacial score (nSPS) is 17.9. The summed E-state index contributed by atoms with van der Waals surface area (Å²) < 4.78 is 6.06. The molecule has 1 aliphatic rings. The molecule has 4 rings (SSSR count). The molecular formula is C29H34N4O4. The van der Waals surface area contributed by atoms with Crippen LogP contribution < -0.4 is 21.5 Å². The zero-order valence-electron chi connectivity index (χ0n) is 20.9. The molecule has 0 saturated carbocycles. The van der Waals surface area contributed by atoms with Crippen LogP contribution in [-0.4, -0.2) is 48.5 Å². The number of carbonyl (C=O) groups excluding carboxylic acids is 3. The molecule has 2 atom stereocenters. The van der Waals surface area contributed by atoms with Gasteiger partial charge in [-0.1, -0.05) is 54.6 Å². The minimum Gasteiger partial charge on any atom is -0.493 e. The number of primary amides is 1. The topological polar surface area (TPSA) is 128 Å². The van der Waals surface area contributed by atoms with Crippen molar-refractivity contribution in [1.82, 2.24) is 10.2 Å². The Kier molecular flexibility index (Phi) is 8.74. The zero-order chi connectivity index (χ0) is 26.2. The Morgan fingerprint density at radius 2 is 1.70 bits per heavy atom. The first kappa shape index (κ1) is 26.2. The van der Waals surface area contributed by atoms with Gasteiger partial charge < -0.3 is 21.1 Å². The number of benzene rings is 3. The van der Waals surface area contributed by atoms with E-state index in [4.69, 9.17) is 16.2 Å². The van der Waals surface area contributed by atoms with Gasteiger partial charge in [0, 0.05) is 24.6 Å². The number of carbonyl (C=O) groups is 3. The van der Waals surface area contributed by atoms with Crippen LogP contribution >= 0.6 is 0 Å². The van der Waals surface area contributed by atoms with Gasteiger partial charge in [0.25, 0.3) is 0 Å². The fourth-order valence-corrected chi connectivity index (χ4v) is 4.95. The monoisotopic (exact) mass is 502 g/mol. The average Bonchev–Trinajstić information content (AvgIpc) is 3.02. The molecular weight excluding hydrogens is 468 g/mol. The maximum absolute atomic E-state index is 13.1. The number of urea groups is 1. The molecule has 0 bridgehead atoms. The number of nitrogens with one attached hydrogen (secondary N) is 1. The van der Waals surface area contributed by atoms with Crippen LogP contribution in [0.1, 0.15) is 42.7 Å². The highest BCUT2D eigenvalue weighted by Crippen LogP contribution is 2.29. The van der Waals surface area contributed by atoms with Crippen molar-refractivity contribution in [1.29, 1.82) is 0 Å². The van der Waals surface area contributed by atoms with Crippen molar-refractivity contribution in [3.05, 3.63) is 77.9 Å². The molecule has 0 aromatic heterocycles. The summed E-state index contributed by atoms with van der Waals surface area (Å²) in [6.07, 6.45) is 3.31. The van der Waals surface area contributed by atoms with Gasteiger partial charge in [-0.15, -0.1) is 0 Å². The van der Waals surface area contributed by atoms with Crippen LogP contribution in [0.3, 0.4) is 0 Å². The van der Waals surface area contributed by atoms with Crippen LogP contribution in [0.5, 0.6) is 5.75 Å². The number of hydrogen-bond acceptors (Lipinski definition) is 5. The number of unbranched alkanes of at least 4 members (excludes halogenated alkanes) is 1. The molecule has 0 unspecified atom stereocenters. The Morgan fingerprint density at radius 1 is 1.00 bits per heavy atom. The molecule has 37 heavy (non-hydrogen) atoms. The number of imide groups is 1. The smallest absolute Gasteiger partial charge is 0.318 e. The molecule has 0 spiro atoms. The van der Waals surface area contributed by atoms with Gasteiger partial charge >= 0.3 is 6.03 Å². The second-order valence-electron chi connectivity index (χ2n) is 9.46. The third-order valence-electron chi connectivity index (χ3n) is 6.82. The third kappa shape index (κ3) is 6.86. The molecule has 3 aromatic rings. The van der Waals surface area contributed by atoms with Crippen LogP contribution in [0.4, 0.5) is 4.79 Å². The van der Waals surface area contributed by atoms with Gasteiger partial charge in [-0.3, -0.25) is 14.9 Å². The van der Waals surface area contributed by atoms with Crippen LogP contribution in [0.2, 0.25) is 0 Å². The molecule has 194 valence electrons. The summed E-state index contributed by atoms with van der Waals surface area (Å²) in [6, 6.07) is 20.2. The number of likely N-dealkylation sites (tertiary alicyclic amines) is 1. The van der Waals surface area contributed by atoms with E-state index in [-0.39, 0.29) is 18.2 Å². The van der Waals surface area contributed by atoms with E-state index in [1.54, 1.807) is 0 Å². The number of nitrogens with two attached hydrogens (primary N) is 2. The van der Waals surface area contributed by atoms with Gasteiger partial charge in [0.05, 0.1) is 19.1 Å². The highest BCUT2D eigenvalue weighted by atomic mass is 16.5. The Bertz CT molecular complexity index is 1250. The quantitative estimate of drug-likeness (QED) is 0.386. The molecule has 1 aliphatic heterocycles. The van der Waals surface area contributed by atoms with Crippen molar-refractivity contribution in [2.24, 2.45) is 11.5 Å². The number of nitrogens with zero attached hydrogens (tertiary/aromatic N) is 1. The van der Waals surface area contributed by atoms with E-state index in [2.05, 4.69) is 5.32 Å². The number of amides is 4. The lowest BCUT2D eigenvalue weighted by Crippen LogP contribution is -2.45. The molecule has 8 nitrogen and oxygen atoms in total. The average molecular weight is 503 g/mol. The number of fused-ring (bicyclic) bond motifs is 1. The van der Waals surface area contributed by atoms with Crippen LogP contribution in [-0.2, 0) is 16.0 Å². The summed E-state index contributed by atoms with van der Waals surface area (Å²) in [4.78, 5) is 38.1. The Balaban J connectivity index is 1.33. The van der Waals surface area contributed by atoms with Gasteiger partial charge in [-0.05, 0) is 54.2 Å². The van der Waals surface area contributed by atoms with Gasteiger partial charge in [-0.25, -0.2) is 4.79 Å². The predicted octanol–water partition coefficient (Wildman–Crippen LogP) is 3.47. The van der Waals surface area contributed by atoms with Crippen LogP contribution in [0.15, 0.2) is 66.7 Å². The van der Waals surface area contributed by atoms with Gasteiger partial charge in [0.2, 0.25) is 11.8 Å². The first-order chi connectivity index (χ1) is 17.9. The molecule has 1 fully saturated rings. The van der Waals surface area contributed by atoms with E-state index in [0.717, 1.165) is 42.0 Å². The summed E-state index contributed by atoms with van der Waals surface area (Å²) in [7, 11) is 0. The maximum Gasteiger partial charge on any atom is 0.318 e. The van der Waals surface area contributed by atoms with Crippen LogP contribution in [0.25, 0.3) is 10.8 Å². The lowest BCUT2D eigenvalue weighted by molar-refractivity contribution is -0.132. The second kappa shape index (κ2) is 12.4. The van der Waals surface area contributed by atoms with Gasteiger partial charge in [0.1, 0.15) is 5.75 Å². The largest absolute Gasteiger partial charge is 0.493 e. The Morgan fingerprint density at radius 3 is 2.43 bits per heavy atom. The molecule has 0 aliphatic carbocycles. The van der Waals surface area contributed by atoms with E-state index < -0.39 is 18.0 Å². The van der Waals surface area contributed by atoms with Crippen molar-refractivity contribution in [2.75, 3.05) is 19.7 Å². The highest BCUT2D eigenvalue weighted by molar-refractivity contribution is 5.95. The minimum atomic E-state index is -0.883. The second-order valence-corrected chi connectivity index (χ2v) is 9.46. The molecule has 8 heteroatoms. The molecule has 1 saturated heterocycles. The standard InChI is InChI=1S/C29H34N4O4/c30-27-24(20-9-2-1-3-10-20)13-8-15-33(28(27)35)14-6-7-16-37-25-18-22-12-5-4-11-21(22)17-23(25)19-26(34)32-29(31)36/h1-5,9-12,17-18,24,27H,6-8,13-16,19,30H2,(H3,31,32,34,36)/t24-,27-/m1/s1. The fraction of sp³-hybridized carbons (Fsp3) is 0.345. The van der Waals surface area contributed by atoms with Crippen molar-refractivity contribution >= 4 is 28.6 Å². The van der Waals surface area contributed by atoms with E-state index in [9.17, 15) is 14.4 Å². The zero-order valence-corrected chi connectivity index (χ0v) is 20.9. The number of hydrogen-bond donors (Lipinski definition) is 3. The summed E-state index contributed by atoms with van der Waals surface area (Å²) >= 11 is 0. The van der Waals surface area contributed by atoms with Crippen molar-refractivity contribution < 1.29 is 19.1 Å². The highest BCUT2D eigenvalue weighted by Gasteiger charge is 2.32. The van der Waals surface area contributed by atoms with Gasteiger partial charge in [-0.2, -0.15) is 0 Å². The summed E-state index contributed by atoms with van der Waals surface area (Å²) in [5.41, 5.74) is 13.3. The molecule has 5 N–H and O–H groups in total. The van der Waals surface area contributed by atoms with Crippen molar-refractivity contribution in [3.8, 4) is 5.75 Å². The van der Waals surface area contributed by atoms with Crippen molar-refractivity contribution in [2.45, 2.75) is 44.1 Å². The van der Waals surface area contributed by atoms with E-state index in [0.29, 0.717) is 31.0 Å². The minimum absolute atomic E-state index is 0.00421. The Hall–Kier alpha value is -3.91. The van der Waals surface area contributed by atoms with Crippen molar-refractivity contribution in [3.63, 3.8) is 0 Å². The SMILES string of the molecule is NC(=O)NC(=O)Cc1cc2ccccc2cc1OCCCCN1CCC[C@H](c2ccccc2)[C@@H](N)C1=O.